The highest BCUT2D eigenvalue weighted by molar-refractivity contribution is 6.74. The highest BCUT2D eigenvalue weighted by Gasteiger charge is 2.51. The van der Waals surface area contributed by atoms with E-state index >= 15 is 0 Å². The summed E-state index contributed by atoms with van der Waals surface area (Å²) in [6, 6.07) is 20.7. The predicted octanol–water partition coefficient (Wildman–Crippen LogP) is 9.46. The Morgan fingerprint density at radius 1 is 0.844 bits per heavy atom. The molecule has 1 aliphatic rings. The van der Waals surface area contributed by atoms with E-state index in [-0.39, 0.29) is 10.1 Å². The molecule has 2 unspecified atom stereocenters. The lowest BCUT2D eigenvalue weighted by molar-refractivity contribution is -0.122. The van der Waals surface area contributed by atoms with Gasteiger partial charge in [-0.3, -0.25) is 0 Å². The third kappa shape index (κ3) is 7.27. The van der Waals surface area contributed by atoms with Crippen molar-refractivity contribution >= 4 is 27.8 Å². The van der Waals surface area contributed by atoms with E-state index < -0.39 is 22.4 Å². The molecule has 0 N–H and O–H groups in total. The molecule has 1 saturated carbocycles. The van der Waals surface area contributed by atoms with Crippen LogP contribution >= 0.6 is 0 Å². The molecule has 5 rings (SSSR count). The van der Waals surface area contributed by atoms with Gasteiger partial charge in [0.05, 0.1) is 6.54 Å². The quantitative estimate of drug-likeness (QED) is 0.127. The van der Waals surface area contributed by atoms with Crippen LogP contribution in [0.25, 0.3) is 22.6 Å². The molecule has 2 aromatic heterocycles. The maximum Gasteiger partial charge on any atom is 0.247 e. The first-order chi connectivity index (χ1) is 21.0. The summed E-state index contributed by atoms with van der Waals surface area (Å²) in [6.45, 7) is 24.3. The Labute approximate surface area is 272 Å². The summed E-state index contributed by atoms with van der Waals surface area (Å²) in [5.41, 5.74) is 3.61. The summed E-state index contributed by atoms with van der Waals surface area (Å²) in [6.07, 6.45) is 4.13. The van der Waals surface area contributed by atoms with Gasteiger partial charge in [0.2, 0.25) is 11.7 Å². The van der Waals surface area contributed by atoms with E-state index in [0.717, 1.165) is 42.9 Å². The number of fused-ring (bicyclic) bond motifs is 1. The smallest absolute Gasteiger partial charge is 0.247 e. The molecule has 7 nitrogen and oxygen atoms in total. The van der Waals surface area contributed by atoms with Crippen LogP contribution in [0.5, 0.6) is 5.88 Å². The SMILES string of the molecule is CC(C)(C)[Si](C)(C)OCC1CCC(Oc2ncnc3c2nc(-c2ccccc2)n3Cc2ccccc2)(O[Si](C)(C)C(C)(C)C)C1. The minimum absolute atomic E-state index is 0.0256. The fourth-order valence-corrected chi connectivity index (χ4v) is 8.02. The number of imidazole rings is 1. The Morgan fingerprint density at radius 2 is 1.47 bits per heavy atom. The van der Waals surface area contributed by atoms with Gasteiger partial charge in [-0.1, -0.05) is 102 Å². The van der Waals surface area contributed by atoms with Crippen molar-refractivity contribution < 1.29 is 13.6 Å². The van der Waals surface area contributed by atoms with Crippen molar-refractivity contribution in [3.8, 4) is 17.3 Å². The average molecular weight is 645 g/mol. The topological polar surface area (TPSA) is 71.3 Å². The molecule has 1 aliphatic carbocycles. The zero-order chi connectivity index (χ0) is 32.7. The van der Waals surface area contributed by atoms with Crippen LogP contribution in [0, 0.1) is 5.92 Å². The van der Waals surface area contributed by atoms with Gasteiger partial charge in [-0.25, -0.2) is 9.97 Å². The van der Waals surface area contributed by atoms with E-state index in [1.807, 2.05) is 24.3 Å². The minimum Gasteiger partial charge on any atom is -0.444 e. The van der Waals surface area contributed by atoms with Crippen molar-refractivity contribution in [3.63, 3.8) is 0 Å². The second kappa shape index (κ2) is 12.4. The van der Waals surface area contributed by atoms with Crippen LogP contribution in [0.3, 0.4) is 0 Å². The van der Waals surface area contributed by atoms with Crippen LogP contribution in [0.2, 0.25) is 36.3 Å². The summed E-state index contributed by atoms with van der Waals surface area (Å²) in [4.78, 5) is 14.6. The van der Waals surface area contributed by atoms with Crippen LogP contribution in [-0.4, -0.2) is 48.5 Å². The highest BCUT2D eigenvalue weighted by atomic mass is 28.4. The Kier molecular flexibility index (Phi) is 9.23. The first-order valence-corrected chi connectivity index (χ1v) is 22.2. The summed E-state index contributed by atoms with van der Waals surface area (Å²) in [5, 5.41) is 0.191. The van der Waals surface area contributed by atoms with Gasteiger partial charge in [0.15, 0.2) is 27.8 Å². The lowest BCUT2D eigenvalue weighted by Gasteiger charge is -2.44. The second-order valence-corrected chi connectivity index (χ2v) is 25.3. The Bertz CT molecular complexity index is 1590. The van der Waals surface area contributed by atoms with Crippen LogP contribution in [-0.2, 0) is 15.4 Å². The Morgan fingerprint density at radius 3 is 2.09 bits per heavy atom. The molecule has 0 spiro atoms. The molecule has 4 aromatic rings. The number of benzene rings is 2. The number of hydrogen-bond donors (Lipinski definition) is 0. The molecule has 0 radical (unpaired) electrons. The molecular weight excluding hydrogens is 593 g/mol. The normalized spacial score (nSPS) is 19.7. The van der Waals surface area contributed by atoms with E-state index in [9.17, 15) is 0 Å². The van der Waals surface area contributed by atoms with Crippen LogP contribution in [0.4, 0.5) is 0 Å². The lowest BCUT2D eigenvalue weighted by atomic mass is 10.1. The van der Waals surface area contributed by atoms with Gasteiger partial charge in [0, 0.05) is 25.0 Å². The maximum atomic E-state index is 7.23. The fraction of sp³-hybridized carbons (Fsp3) is 0.528. The van der Waals surface area contributed by atoms with E-state index in [4.69, 9.17) is 28.5 Å². The van der Waals surface area contributed by atoms with Gasteiger partial charge in [0.25, 0.3) is 0 Å². The summed E-state index contributed by atoms with van der Waals surface area (Å²) >= 11 is 0. The van der Waals surface area contributed by atoms with E-state index in [1.165, 1.54) is 5.56 Å². The molecule has 9 heteroatoms. The second-order valence-electron chi connectivity index (χ2n) is 15.8. The molecule has 2 aromatic carbocycles. The molecule has 0 aliphatic heterocycles. The molecule has 2 heterocycles. The molecule has 242 valence electrons. The van der Waals surface area contributed by atoms with Crippen LogP contribution in [0.15, 0.2) is 67.0 Å². The van der Waals surface area contributed by atoms with Crippen molar-refractivity contribution in [1.29, 1.82) is 0 Å². The van der Waals surface area contributed by atoms with E-state index in [2.05, 4.69) is 109 Å². The van der Waals surface area contributed by atoms with Gasteiger partial charge >= 0.3 is 0 Å². The lowest BCUT2D eigenvalue weighted by Crippen LogP contribution is -2.51. The fourth-order valence-electron chi connectivity index (χ4n) is 5.47. The standard InChI is InChI=1S/C36H52N4O3Si2/c1-34(2,3)44(7,8)41-25-28-21-22-36(23-28,43-45(9,10)35(4,5)6)42-33-30-32(37-26-38-33)40(24-27-17-13-11-14-18-27)31(39-30)29-19-15-12-16-20-29/h11-20,26,28H,21-25H2,1-10H3. The Hall–Kier alpha value is -2.86. The van der Waals surface area contributed by atoms with Gasteiger partial charge in [-0.15, -0.1) is 0 Å². The van der Waals surface area contributed by atoms with Gasteiger partial charge in [-0.05, 0) is 54.2 Å². The number of aromatic nitrogens is 4. The molecule has 0 amide bonds. The summed E-state index contributed by atoms with van der Waals surface area (Å²) in [5.74, 6) is 0.860. The van der Waals surface area contributed by atoms with Crippen molar-refractivity contribution in [3.05, 3.63) is 72.6 Å². The Balaban J connectivity index is 1.53. The monoisotopic (exact) mass is 644 g/mol. The van der Waals surface area contributed by atoms with Crippen molar-refractivity contribution in [2.45, 2.75) is 109 Å². The van der Waals surface area contributed by atoms with Gasteiger partial charge in [0.1, 0.15) is 12.2 Å². The largest absolute Gasteiger partial charge is 0.444 e. The maximum absolute atomic E-state index is 7.23. The number of hydrogen-bond acceptors (Lipinski definition) is 6. The van der Waals surface area contributed by atoms with Crippen molar-refractivity contribution in [2.24, 2.45) is 5.92 Å². The van der Waals surface area contributed by atoms with Gasteiger partial charge < -0.3 is 18.2 Å². The first kappa shape index (κ1) is 33.5. The minimum atomic E-state index is -2.22. The van der Waals surface area contributed by atoms with Crippen LogP contribution < -0.4 is 4.74 Å². The van der Waals surface area contributed by atoms with Crippen LogP contribution in [0.1, 0.15) is 66.4 Å². The average Bonchev–Trinajstić information content (AvgIpc) is 3.53. The summed E-state index contributed by atoms with van der Waals surface area (Å²) < 4.78 is 23.1. The number of nitrogens with zero attached hydrogens (tertiary/aromatic N) is 4. The van der Waals surface area contributed by atoms with E-state index in [0.29, 0.717) is 23.9 Å². The molecule has 0 bridgehead atoms. The van der Waals surface area contributed by atoms with E-state index in [1.54, 1.807) is 6.33 Å². The van der Waals surface area contributed by atoms with Crippen molar-refractivity contribution in [2.75, 3.05) is 6.61 Å². The predicted molar refractivity (Wildman–Crippen MR) is 188 cm³/mol. The first-order valence-electron chi connectivity index (χ1n) is 16.3. The highest BCUT2D eigenvalue weighted by Crippen LogP contribution is 2.47. The molecular formula is C36H52N4O3Si2. The zero-order valence-electron chi connectivity index (χ0n) is 29.0. The molecule has 2 atom stereocenters. The third-order valence-electron chi connectivity index (χ3n) is 10.3. The number of ether oxygens (including phenoxy) is 1. The molecule has 1 fully saturated rings. The number of rotatable bonds is 10. The zero-order valence-corrected chi connectivity index (χ0v) is 31.0. The third-order valence-corrected chi connectivity index (χ3v) is 19.3. The van der Waals surface area contributed by atoms with Crippen molar-refractivity contribution in [1.82, 2.24) is 19.5 Å². The van der Waals surface area contributed by atoms with Gasteiger partial charge in [-0.2, -0.15) is 4.98 Å². The summed E-state index contributed by atoms with van der Waals surface area (Å²) in [7, 11) is -4.10. The molecule has 0 saturated heterocycles. The molecule has 45 heavy (non-hydrogen) atoms.